The highest BCUT2D eigenvalue weighted by atomic mass is 32.2. The van der Waals surface area contributed by atoms with Crippen molar-refractivity contribution < 1.29 is 31.6 Å². The van der Waals surface area contributed by atoms with Gasteiger partial charge >= 0.3 is 0 Å². The van der Waals surface area contributed by atoms with E-state index in [1.165, 1.54) is 48.2 Å². The maximum atomic E-state index is 13.7. The Morgan fingerprint density at radius 2 is 1.74 bits per heavy atom. The molecule has 1 fully saturated rings. The fraction of sp³-hybridized carbons (Fsp3) is 0.357. The van der Waals surface area contributed by atoms with Crippen molar-refractivity contribution in [2.75, 3.05) is 25.0 Å². The number of nitrogens with one attached hydrogen (secondary N) is 1. The van der Waals surface area contributed by atoms with Crippen LogP contribution in [0.2, 0.25) is 0 Å². The van der Waals surface area contributed by atoms with Crippen LogP contribution in [0.15, 0.2) is 70.0 Å². The number of furan rings is 1. The van der Waals surface area contributed by atoms with Crippen LogP contribution in [0.25, 0.3) is 0 Å². The third-order valence-electron chi connectivity index (χ3n) is 6.34. The lowest BCUT2D eigenvalue weighted by atomic mass is 10.2. The molecule has 1 aliphatic rings. The van der Waals surface area contributed by atoms with Crippen molar-refractivity contribution >= 4 is 27.5 Å². The Labute approximate surface area is 227 Å². The number of hydrogen-bond acceptors (Lipinski definition) is 6. The second-order valence-corrected chi connectivity index (χ2v) is 11.5. The Morgan fingerprint density at radius 3 is 2.33 bits per heavy atom. The van der Waals surface area contributed by atoms with Crippen LogP contribution in [0.1, 0.15) is 36.8 Å². The average Bonchev–Trinajstić information content (AvgIpc) is 3.56. The molecule has 0 spiro atoms. The predicted molar refractivity (Wildman–Crippen MR) is 143 cm³/mol. The summed E-state index contributed by atoms with van der Waals surface area (Å²) >= 11 is 0. The van der Waals surface area contributed by atoms with E-state index >= 15 is 0 Å². The fourth-order valence-electron chi connectivity index (χ4n) is 4.38. The molecule has 3 aromatic rings. The Hall–Kier alpha value is -3.54. The van der Waals surface area contributed by atoms with E-state index in [0.717, 1.165) is 10.7 Å². The molecule has 4 rings (SSSR count). The third-order valence-corrected chi connectivity index (χ3v) is 8.16. The lowest BCUT2D eigenvalue weighted by Crippen LogP contribution is -2.45. The minimum absolute atomic E-state index is 0.00542. The Bertz CT molecular complexity index is 1380. The van der Waals surface area contributed by atoms with Gasteiger partial charge in [-0.2, -0.15) is 4.31 Å². The standard InChI is InChI=1S/C28H32FN3O6S/c1-20-5-12-26(38-20)17-31(16-22-6-8-23(29)9-7-22)28(34)19-32(18-25-4-3-15-37-25)39(35,36)27-13-10-24(11-14-27)30-21(2)33/h5-14,25H,3-4,15-19H2,1-2H3,(H,30,33). The minimum Gasteiger partial charge on any atom is -0.464 e. The van der Waals surface area contributed by atoms with Gasteiger partial charge in [0.2, 0.25) is 21.8 Å². The number of aryl methyl sites for hydroxylation is 1. The first-order valence-electron chi connectivity index (χ1n) is 12.7. The number of halogens is 1. The van der Waals surface area contributed by atoms with Gasteiger partial charge in [-0.15, -0.1) is 0 Å². The second kappa shape index (κ2) is 12.5. The van der Waals surface area contributed by atoms with E-state index in [1.54, 1.807) is 31.2 Å². The summed E-state index contributed by atoms with van der Waals surface area (Å²) in [5, 5.41) is 2.61. The zero-order valence-electron chi connectivity index (χ0n) is 21.9. The van der Waals surface area contributed by atoms with Gasteiger partial charge in [0.05, 0.1) is 24.1 Å². The van der Waals surface area contributed by atoms with Crippen molar-refractivity contribution in [3.8, 4) is 0 Å². The van der Waals surface area contributed by atoms with E-state index in [-0.39, 0.29) is 36.5 Å². The number of amides is 2. The predicted octanol–water partition coefficient (Wildman–Crippen LogP) is 4.08. The first-order chi connectivity index (χ1) is 18.6. The molecule has 2 amide bonds. The maximum absolute atomic E-state index is 13.7. The van der Waals surface area contributed by atoms with Crippen LogP contribution >= 0.6 is 0 Å². The highest BCUT2D eigenvalue weighted by Gasteiger charge is 2.32. The van der Waals surface area contributed by atoms with E-state index in [9.17, 15) is 22.4 Å². The van der Waals surface area contributed by atoms with Gasteiger partial charge in [0.1, 0.15) is 17.3 Å². The Balaban J connectivity index is 1.59. The third kappa shape index (κ3) is 7.75. The molecule has 0 aliphatic carbocycles. The fourth-order valence-corrected chi connectivity index (χ4v) is 5.80. The smallest absolute Gasteiger partial charge is 0.243 e. The highest BCUT2D eigenvalue weighted by molar-refractivity contribution is 7.89. The summed E-state index contributed by atoms with van der Waals surface area (Å²) in [6.07, 6.45) is 1.17. The SMILES string of the molecule is CC(=O)Nc1ccc(S(=O)(=O)N(CC(=O)N(Cc2ccc(F)cc2)Cc2ccc(C)o2)CC2CCCO2)cc1. The lowest BCUT2D eigenvalue weighted by Gasteiger charge is -2.28. The molecule has 2 heterocycles. The summed E-state index contributed by atoms with van der Waals surface area (Å²) in [4.78, 5) is 26.5. The number of nitrogens with zero attached hydrogens (tertiary/aromatic N) is 2. The van der Waals surface area contributed by atoms with Crippen molar-refractivity contribution in [1.29, 1.82) is 0 Å². The number of rotatable bonds is 11. The summed E-state index contributed by atoms with van der Waals surface area (Å²) in [5.41, 5.74) is 1.15. The van der Waals surface area contributed by atoms with E-state index in [1.807, 2.05) is 0 Å². The van der Waals surface area contributed by atoms with Crippen molar-refractivity contribution in [2.24, 2.45) is 0 Å². The van der Waals surface area contributed by atoms with Gasteiger partial charge < -0.3 is 19.4 Å². The highest BCUT2D eigenvalue weighted by Crippen LogP contribution is 2.23. The summed E-state index contributed by atoms with van der Waals surface area (Å²) in [7, 11) is -4.09. The molecular formula is C28H32FN3O6S. The maximum Gasteiger partial charge on any atom is 0.243 e. The summed E-state index contributed by atoms with van der Waals surface area (Å²) < 4.78 is 53.4. The lowest BCUT2D eigenvalue weighted by molar-refractivity contribution is -0.133. The van der Waals surface area contributed by atoms with E-state index in [0.29, 0.717) is 35.8 Å². The van der Waals surface area contributed by atoms with Gasteiger partial charge in [-0.25, -0.2) is 12.8 Å². The molecule has 1 N–H and O–H groups in total. The van der Waals surface area contributed by atoms with E-state index < -0.39 is 28.3 Å². The first-order valence-corrected chi connectivity index (χ1v) is 14.1. The molecule has 0 radical (unpaired) electrons. The van der Waals surface area contributed by atoms with Gasteiger partial charge in [0, 0.05) is 32.3 Å². The van der Waals surface area contributed by atoms with Crippen molar-refractivity contribution in [1.82, 2.24) is 9.21 Å². The van der Waals surface area contributed by atoms with Crippen LogP contribution < -0.4 is 5.32 Å². The molecular weight excluding hydrogens is 525 g/mol. The zero-order valence-corrected chi connectivity index (χ0v) is 22.7. The molecule has 39 heavy (non-hydrogen) atoms. The number of hydrogen-bond donors (Lipinski definition) is 1. The van der Waals surface area contributed by atoms with E-state index in [2.05, 4.69) is 5.32 Å². The summed E-state index contributed by atoms with van der Waals surface area (Å²) in [5.74, 6) is 0.125. The van der Waals surface area contributed by atoms with Crippen LogP contribution in [-0.4, -0.2) is 55.2 Å². The number of ether oxygens (including phenoxy) is 1. The molecule has 208 valence electrons. The largest absolute Gasteiger partial charge is 0.464 e. The van der Waals surface area contributed by atoms with Gasteiger partial charge in [0.25, 0.3) is 0 Å². The van der Waals surface area contributed by atoms with Crippen LogP contribution in [0, 0.1) is 12.7 Å². The number of sulfonamides is 1. The van der Waals surface area contributed by atoms with Crippen LogP contribution in [0.3, 0.4) is 0 Å². The number of carbonyl (C=O) groups excluding carboxylic acids is 2. The van der Waals surface area contributed by atoms with Crippen LogP contribution in [-0.2, 0) is 37.4 Å². The van der Waals surface area contributed by atoms with E-state index in [4.69, 9.17) is 9.15 Å². The van der Waals surface area contributed by atoms with Gasteiger partial charge in [-0.05, 0) is 73.9 Å². The molecule has 1 aromatic heterocycles. The zero-order chi connectivity index (χ0) is 28.0. The Morgan fingerprint density at radius 1 is 1.03 bits per heavy atom. The van der Waals surface area contributed by atoms with Crippen LogP contribution in [0.5, 0.6) is 0 Å². The monoisotopic (exact) mass is 557 g/mol. The van der Waals surface area contributed by atoms with Gasteiger partial charge in [-0.3, -0.25) is 9.59 Å². The molecule has 1 aliphatic heterocycles. The van der Waals surface area contributed by atoms with Crippen LogP contribution in [0.4, 0.5) is 10.1 Å². The Kier molecular flexibility index (Phi) is 9.16. The van der Waals surface area contributed by atoms with Gasteiger partial charge in [0.15, 0.2) is 0 Å². The van der Waals surface area contributed by atoms with Crippen molar-refractivity contribution in [3.63, 3.8) is 0 Å². The number of anilines is 1. The molecule has 1 unspecified atom stereocenters. The molecule has 2 aromatic carbocycles. The topological polar surface area (TPSA) is 109 Å². The molecule has 11 heteroatoms. The quantitative estimate of drug-likeness (QED) is 0.381. The second-order valence-electron chi connectivity index (χ2n) is 9.53. The summed E-state index contributed by atoms with van der Waals surface area (Å²) in [6, 6.07) is 15.1. The normalized spacial score (nSPS) is 15.4. The molecule has 0 saturated carbocycles. The minimum atomic E-state index is -4.09. The number of carbonyl (C=O) groups is 2. The molecule has 0 bridgehead atoms. The van der Waals surface area contributed by atoms with Crippen molar-refractivity contribution in [2.45, 2.75) is 50.8 Å². The summed E-state index contributed by atoms with van der Waals surface area (Å²) in [6.45, 7) is 3.54. The van der Waals surface area contributed by atoms with Crippen molar-refractivity contribution in [3.05, 3.63) is 83.6 Å². The molecule has 9 nitrogen and oxygen atoms in total. The molecule has 1 atom stereocenters. The molecule has 1 saturated heterocycles. The average molecular weight is 558 g/mol. The van der Waals surface area contributed by atoms with Gasteiger partial charge in [-0.1, -0.05) is 12.1 Å². The number of benzene rings is 2. The first kappa shape index (κ1) is 28.5.